The highest BCUT2D eigenvalue weighted by molar-refractivity contribution is 5.81. The van der Waals surface area contributed by atoms with Crippen molar-refractivity contribution in [2.45, 2.75) is 45.2 Å². The van der Waals surface area contributed by atoms with Crippen molar-refractivity contribution in [3.63, 3.8) is 0 Å². The summed E-state index contributed by atoms with van der Waals surface area (Å²) in [7, 11) is 0. The lowest BCUT2D eigenvalue weighted by Gasteiger charge is -2.42. The predicted molar refractivity (Wildman–Crippen MR) is 77.3 cm³/mol. The predicted octanol–water partition coefficient (Wildman–Crippen LogP) is 1.69. The van der Waals surface area contributed by atoms with Crippen LogP contribution in [-0.2, 0) is 9.53 Å². The Kier molecular flexibility index (Phi) is 6.78. The topological polar surface area (TPSA) is 90.3 Å². The average molecular weight is 283 g/mol. The van der Waals surface area contributed by atoms with Crippen LogP contribution >= 0.6 is 0 Å². The molecule has 1 aliphatic heterocycles. The highest BCUT2D eigenvalue weighted by Gasteiger charge is 2.42. The van der Waals surface area contributed by atoms with E-state index in [1.54, 1.807) is 0 Å². The minimum atomic E-state index is -0.633. The van der Waals surface area contributed by atoms with Gasteiger partial charge in [0.05, 0.1) is 6.61 Å². The van der Waals surface area contributed by atoms with Gasteiger partial charge in [-0.2, -0.15) is 0 Å². The van der Waals surface area contributed by atoms with Crippen molar-refractivity contribution in [1.82, 2.24) is 10.2 Å². The summed E-state index contributed by atoms with van der Waals surface area (Å²) in [5.74, 6) is -0.190. The third-order valence-electron chi connectivity index (χ3n) is 3.79. The molecule has 1 rings (SSSR count). The summed E-state index contributed by atoms with van der Waals surface area (Å²) < 4.78 is 5.21. The van der Waals surface area contributed by atoms with Crippen molar-refractivity contribution in [2.75, 3.05) is 32.8 Å². The Morgan fingerprint density at radius 1 is 1.50 bits per heavy atom. The van der Waals surface area contributed by atoms with Crippen molar-refractivity contribution in [3.05, 3.63) is 10.4 Å². The number of ether oxygens (including phenoxy) is 1. The summed E-state index contributed by atoms with van der Waals surface area (Å²) in [5, 5.41) is 6.74. The number of esters is 1. The molecule has 0 bridgehead atoms. The third-order valence-corrected chi connectivity index (χ3v) is 3.79. The van der Waals surface area contributed by atoms with Crippen LogP contribution in [0, 0.1) is 0 Å². The van der Waals surface area contributed by atoms with E-state index in [-0.39, 0.29) is 5.97 Å². The van der Waals surface area contributed by atoms with Gasteiger partial charge in [-0.1, -0.05) is 5.11 Å². The van der Waals surface area contributed by atoms with E-state index in [1.807, 2.05) is 6.92 Å². The fraction of sp³-hybridized carbons (Fsp3) is 0.923. The Hall–Kier alpha value is -1.30. The van der Waals surface area contributed by atoms with Gasteiger partial charge in [-0.25, -0.2) is 0 Å². The lowest BCUT2D eigenvalue weighted by atomic mass is 9.87. The summed E-state index contributed by atoms with van der Waals surface area (Å²) in [5.41, 5.74) is 7.66. The van der Waals surface area contributed by atoms with Gasteiger partial charge >= 0.3 is 5.97 Å². The molecular weight excluding hydrogens is 258 g/mol. The van der Waals surface area contributed by atoms with Crippen molar-refractivity contribution in [1.29, 1.82) is 0 Å². The second-order valence-electron chi connectivity index (χ2n) is 5.31. The largest absolute Gasteiger partial charge is 0.465 e. The van der Waals surface area contributed by atoms with Crippen LogP contribution in [0.5, 0.6) is 0 Å². The molecule has 20 heavy (non-hydrogen) atoms. The maximum atomic E-state index is 12.3. The van der Waals surface area contributed by atoms with Gasteiger partial charge in [0.15, 0.2) is 0 Å². The van der Waals surface area contributed by atoms with Gasteiger partial charge in [-0.05, 0) is 39.1 Å². The summed E-state index contributed by atoms with van der Waals surface area (Å²) in [6, 6.07) is 0.485. The Morgan fingerprint density at radius 3 is 2.65 bits per heavy atom. The van der Waals surface area contributed by atoms with Crippen molar-refractivity contribution in [2.24, 2.45) is 5.11 Å². The number of piperidine rings is 1. The van der Waals surface area contributed by atoms with Crippen molar-refractivity contribution < 1.29 is 9.53 Å². The molecule has 0 amide bonds. The molecule has 0 spiro atoms. The number of carbonyl (C=O) groups is 1. The fourth-order valence-electron chi connectivity index (χ4n) is 2.53. The summed E-state index contributed by atoms with van der Waals surface area (Å²) in [4.78, 5) is 17.3. The number of nitrogens with one attached hydrogen (secondary N) is 1. The smallest absolute Gasteiger partial charge is 0.326 e. The van der Waals surface area contributed by atoms with Gasteiger partial charge in [-0.3, -0.25) is 4.79 Å². The zero-order valence-electron chi connectivity index (χ0n) is 12.6. The molecule has 1 aliphatic rings. The van der Waals surface area contributed by atoms with E-state index in [0.29, 0.717) is 25.7 Å². The molecule has 1 N–H and O–H groups in total. The van der Waals surface area contributed by atoms with E-state index < -0.39 is 5.54 Å². The first-order valence-corrected chi connectivity index (χ1v) is 7.23. The van der Waals surface area contributed by atoms with Gasteiger partial charge in [0.2, 0.25) is 0 Å². The zero-order valence-corrected chi connectivity index (χ0v) is 12.6. The molecule has 1 saturated heterocycles. The fourth-order valence-corrected chi connectivity index (χ4v) is 2.53. The average Bonchev–Trinajstić information content (AvgIpc) is 2.44. The highest BCUT2D eigenvalue weighted by Crippen LogP contribution is 2.25. The third kappa shape index (κ3) is 4.37. The van der Waals surface area contributed by atoms with Crippen LogP contribution < -0.4 is 5.32 Å². The van der Waals surface area contributed by atoms with Gasteiger partial charge in [0.25, 0.3) is 0 Å². The minimum absolute atomic E-state index is 0.190. The molecule has 1 heterocycles. The van der Waals surface area contributed by atoms with E-state index in [2.05, 4.69) is 34.1 Å². The van der Waals surface area contributed by atoms with Gasteiger partial charge < -0.3 is 15.0 Å². The molecule has 0 aliphatic carbocycles. The van der Waals surface area contributed by atoms with Gasteiger partial charge in [-0.15, -0.1) is 0 Å². The molecule has 0 aromatic heterocycles. The molecule has 114 valence electrons. The molecule has 0 aromatic rings. The number of rotatable bonds is 7. The summed E-state index contributed by atoms with van der Waals surface area (Å²) >= 11 is 0. The normalized spacial score (nSPS) is 18.6. The Balaban J connectivity index is 2.66. The van der Waals surface area contributed by atoms with Gasteiger partial charge in [0, 0.05) is 37.1 Å². The van der Waals surface area contributed by atoms with E-state index >= 15 is 0 Å². The highest BCUT2D eigenvalue weighted by atomic mass is 16.5. The lowest BCUT2D eigenvalue weighted by Crippen LogP contribution is -2.60. The van der Waals surface area contributed by atoms with Crippen LogP contribution in [0.3, 0.4) is 0 Å². The molecule has 7 heteroatoms. The first-order valence-electron chi connectivity index (χ1n) is 7.23. The molecule has 7 nitrogen and oxygen atoms in total. The quantitative estimate of drug-likeness (QED) is 0.253. The van der Waals surface area contributed by atoms with E-state index in [4.69, 9.17) is 10.3 Å². The monoisotopic (exact) mass is 283 g/mol. The number of azide groups is 1. The standard InChI is InChI=1S/C13H25N5O2/c1-4-20-12(19)13(15-7-8-16-17-14)5-9-18(10-6-13)11(2)3/h11,15H,4-10H2,1-3H3. The molecule has 0 saturated carbocycles. The van der Waals surface area contributed by atoms with E-state index in [1.165, 1.54) is 0 Å². The van der Waals surface area contributed by atoms with Crippen LogP contribution in [0.4, 0.5) is 0 Å². The van der Waals surface area contributed by atoms with Crippen LogP contribution in [0.2, 0.25) is 0 Å². The molecule has 0 atom stereocenters. The molecule has 1 fully saturated rings. The SMILES string of the molecule is CCOC(=O)C1(NCCN=[N+]=[N-])CCN(C(C)C)CC1. The molecule has 0 unspecified atom stereocenters. The Morgan fingerprint density at radius 2 is 2.15 bits per heavy atom. The summed E-state index contributed by atoms with van der Waals surface area (Å²) in [6.07, 6.45) is 1.45. The van der Waals surface area contributed by atoms with E-state index in [9.17, 15) is 4.79 Å². The van der Waals surface area contributed by atoms with Crippen LogP contribution in [0.15, 0.2) is 5.11 Å². The maximum Gasteiger partial charge on any atom is 0.326 e. The number of hydrogen-bond acceptors (Lipinski definition) is 5. The van der Waals surface area contributed by atoms with Crippen molar-refractivity contribution >= 4 is 5.97 Å². The molecule has 0 radical (unpaired) electrons. The number of hydrogen-bond donors (Lipinski definition) is 1. The number of likely N-dealkylation sites (tertiary alicyclic amines) is 1. The second kappa shape index (κ2) is 8.09. The minimum Gasteiger partial charge on any atom is -0.465 e. The molecule has 0 aromatic carbocycles. The van der Waals surface area contributed by atoms with Crippen LogP contribution in [0.1, 0.15) is 33.6 Å². The lowest BCUT2D eigenvalue weighted by molar-refractivity contribution is -0.153. The maximum absolute atomic E-state index is 12.3. The second-order valence-corrected chi connectivity index (χ2v) is 5.31. The zero-order chi connectivity index (χ0) is 15.0. The van der Waals surface area contributed by atoms with Crippen molar-refractivity contribution in [3.8, 4) is 0 Å². The molecular formula is C13H25N5O2. The Bertz CT molecular complexity index is 358. The van der Waals surface area contributed by atoms with Crippen LogP contribution in [0.25, 0.3) is 10.4 Å². The number of nitrogens with zero attached hydrogens (tertiary/aromatic N) is 4. The number of carbonyl (C=O) groups excluding carboxylic acids is 1. The summed E-state index contributed by atoms with van der Waals surface area (Å²) in [6.45, 7) is 9.08. The van der Waals surface area contributed by atoms with E-state index in [0.717, 1.165) is 25.9 Å². The Labute approximate surface area is 120 Å². The first kappa shape index (κ1) is 16.8. The van der Waals surface area contributed by atoms with Gasteiger partial charge in [0.1, 0.15) is 5.54 Å². The van der Waals surface area contributed by atoms with Crippen LogP contribution in [-0.4, -0.2) is 55.2 Å². The first-order chi connectivity index (χ1) is 9.55.